The standard InChI is InChI=1S/C14H21N3O2/c1-9-5-6-17(8-13(9)18)14(19)12-4-3-11(16-15)7-10(12)2/h3-4,7,9,13,16,18H,5-6,8,15H2,1-2H3. The second kappa shape index (κ2) is 5.59. The Balaban J connectivity index is 2.16. The van der Waals surface area contributed by atoms with Crippen molar-refractivity contribution in [3.05, 3.63) is 29.3 Å². The van der Waals surface area contributed by atoms with Crippen molar-refractivity contribution >= 4 is 11.6 Å². The predicted octanol–water partition coefficient (Wildman–Crippen LogP) is 1.12. The number of nitrogens with two attached hydrogens (primary N) is 1. The maximum atomic E-state index is 12.4. The topological polar surface area (TPSA) is 78.6 Å². The molecule has 104 valence electrons. The Kier molecular flexibility index (Phi) is 4.07. The number of nitrogen functional groups attached to an aromatic ring is 1. The molecule has 0 aromatic heterocycles. The summed E-state index contributed by atoms with van der Waals surface area (Å²) in [6.45, 7) is 5.01. The van der Waals surface area contributed by atoms with Gasteiger partial charge >= 0.3 is 0 Å². The van der Waals surface area contributed by atoms with Gasteiger partial charge in [0.2, 0.25) is 0 Å². The number of amides is 1. The van der Waals surface area contributed by atoms with Gasteiger partial charge in [0.15, 0.2) is 0 Å². The van der Waals surface area contributed by atoms with Gasteiger partial charge in [0, 0.05) is 24.3 Å². The second-order valence-corrected chi connectivity index (χ2v) is 5.26. The van der Waals surface area contributed by atoms with Crippen LogP contribution in [0.5, 0.6) is 0 Å². The predicted molar refractivity (Wildman–Crippen MR) is 74.7 cm³/mol. The number of likely N-dealkylation sites (tertiary alicyclic amines) is 1. The van der Waals surface area contributed by atoms with Crippen molar-refractivity contribution in [2.24, 2.45) is 11.8 Å². The number of aliphatic hydroxyl groups is 1. The highest BCUT2D eigenvalue weighted by Gasteiger charge is 2.28. The molecule has 1 aromatic rings. The highest BCUT2D eigenvalue weighted by atomic mass is 16.3. The number of hydrogen-bond donors (Lipinski definition) is 3. The molecule has 1 aliphatic heterocycles. The Morgan fingerprint density at radius 3 is 2.84 bits per heavy atom. The number of carbonyl (C=O) groups is 1. The molecule has 5 heteroatoms. The van der Waals surface area contributed by atoms with Crippen LogP contribution in [0.25, 0.3) is 0 Å². The summed E-state index contributed by atoms with van der Waals surface area (Å²) in [6.07, 6.45) is 0.414. The van der Waals surface area contributed by atoms with Crippen LogP contribution in [0.4, 0.5) is 5.69 Å². The lowest BCUT2D eigenvalue weighted by atomic mass is 9.95. The van der Waals surface area contributed by atoms with E-state index in [1.807, 2.05) is 19.9 Å². The van der Waals surface area contributed by atoms with Gasteiger partial charge in [-0.2, -0.15) is 0 Å². The van der Waals surface area contributed by atoms with Crippen molar-refractivity contribution < 1.29 is 9.90 Å². The van der Waals surface area contributed by atoms with Crippen molar-refractivity contribution in [2.45, 2.75) is 26.4 Å². The average Bonchev–Trinajstić information content (AvgIpc) is 2.41. The van der Waals surface area contributed by atoms with Gasteiger partial charge in [0.25, 0.3) is 5.91 Å². The lowest BCUT2D eigenvalue weighted by Crippen LogP contribution is -2.46. The minimum atomic E-state index is -0.428. The first kappa shape index (κ1) is 13.8. The second-order valence-electron chi connectivity index (χ2n) is 5.26. The van der Waals surface area contributed by atoms with E-state index < -0.39 is 6.10 Å². The summed E-state index contributed by atoms with van der Waals surface area (Å²) >= 11 is 0. The van der Waals surface area contributed by atoms with Gasteiger partial charge in [-0.15, -0.1) is 0 Å². The summed E-state index contributed by atoms with van der Waals surface area (Å²) in [5.41, 5.74) is 4.89. The third-order valence-electron chi connectivity index (χ3n) is 3.83. The molecule has 1 amide bonds. The first-order chi connectivity index (χ1) is 9.02. The third kappa shape index (κ3) is 2.88. The summed E-state index contributed by atoms with van der Waals surface area (Å²) in [4.78, 5) is 14.2. The number of nitrogens with zero attached hydrogens (tertiary/aromatic N) is 1. The van der Waals surface area contributed by atoms with Crippen molar-refractivity contribution in [3.63, 3.8) is 0 Å². The van der Waals surface area contributed by atoms with Gasteiger partial charge in [-0.05, 0) is 43.0 Å². The fourth-order valence-corrected chi connectivity index (χ4v) is 2.40. The normalized spacial score (nSPS) is 23.3. The van der Waals surface area contributed by atoms with Crippen LogP contribution < -0.4 is 11.3 Å². The largest absolute Gasteiger partial charge is 0.391 e. The van der Waals surface area contributed by atoms with Gasteiger partial charge in [0.05, 0.1) is 6.10 Å². The summed E-state index contributed by atoms with van der Waals surface area (Å²) in [5.74, 6) is 5.58. The molecule has 5 nitrogen and oxygen atoms in total. The van der Waals surface area contributed by atoms with Crippen LogP contribution in [0.15, 0.2) is 18.2 Å². The summed E-state index contributed by atoms with van der Waals surface area (Å²) in [5, 5.41) is 9.87. The zero-order valence-electron chi connectivity index (χ0n) is 11.4. The quantitative estimate of drug-likeness (QED) is 0.552. The number of piperidine rings is 1. The number of β-amino-alcohol motifs (C(OH)–C–C–N with tert-alkyl or cyclic N) is 1. The van der Waals surface area contributed by atoms with Crippen LogP contribution in [0.2, 0.25) is 0 Å². The van der Waals surface area contributed by atoms with E-state index in [-0.39, 0.29) is 11.8 Å². The van der Waals surface area contributed by atoms with Crippen LogP contribution in [-0.4, -0.2) is 35.1 Å². The molecule has 0 saturated carbocycles. The first-order valence-electron chi connectivity index (χ1n) is 6.57. The fourth-order valence-electron chi connectivity index (χ4n) is 2.40. The smallest absolute Gasteiger partial charge is 0.254 e. The SMILES string of the molecule is Cc1cc(NN)ccc1C(=O)N1CCC(C)C(O)C1. The van der Waals surface area contributed by atoms with Crippen molar-refractivity contribution in [1.82, 2.24) is 4.90 Å². The van der Waals surface area contributed by atoms with Crippen LogP contribution in [0, 0.1) is 12.8 Å². The van der Waals surface area contributed by atoms with Crippen LogP contribution in [-0.2, 0) is 0 Å². The Hall–Kier alpha value is -1.59. The number of hydrogen-bond acceptors (Lipinski definition) is 4. The molecule has 2 unspecified atom stereocenters. The molecule has 0 aliphatic carbocycles. The molecule has 0 bridgehead atoms. The third-order valence-corrected chi connectivity index (χ3v) is 3.83. The van der Waals surface area contributed by atoms with Gasteiger partial charge in [-0.1, -0.05) is 6.92 Å². The number of carbonyl (C=O) groups excluding carboxylic acids is 1. The molecular formula is C14H21N3O2. The van der Waals surface area contributed by atoms with Gasteiger partial charge in [0.1, 0.15) is 0 Å². The molecule has 2 rings (SSSR count). The van der Waals surface area contributed by atoms with E-state index in [1.54, 1.807) is 17.0 Å². The lowest BCUT2D eigenvalue weighted by Gasteiger charge is -2.34. The van der Waals surface area contributed by atoms with E-state index in [1.165, 1.54) is 0 Å². The zero-order valence-corrected chi connectivity index (χ0v) is 11.4. The lowest BCUT2D eigenvalue weighted by molar-refractivity contribution is 0.0248. The maximum absolute atomic E-state index is 12.4. The molecule has 0 radical (unpaired) electrons. The molecule has 4 N–H and O–H groups in total. The van der Waals surface area contributed by atoms with Crippen molar-refractivity contribution in [1.29, 1.82) is 0 Å². The van der Waals surface area contributed by atoms with Crippen molar-refractivity contribution in [3.8, 4) is 0 Å². The molecule has 1 aliphatic rings. The molecule has 1 fully saturated rings. The Labute approximate surface area is 113 Å². The molecule has 1 saturated heterocycles. The summed E-state index contributed by atoms with van der Waals surface area (Å²) in [7, 11) is 0. The van der Waals surface area contributed by atoms with Crippen LogP contribution in [0.1, 0.15) is 29.3 Å². The van der Waals surface area contributed by atoms with Gasteiger partial charge < -0.3 is 15.4 Å². The van der Waals surface area contributed by atoms with E-state index in [4.69, 9.17) is 5.84 Å². The number of aryl methyl sites for hydroxylation is 1. The number of anilines is 1. The molecule has 2 atom stereocenters. The van der Waals surface area contributed by atoms with Gasteiger partial charge in [-0.3, -0.25) is 10.6 Å². The molecule has 1 aromatic carbocycles. The minimum Gasteiger partial charge on any atom is -0.391 e. The van der Waals surface area contributed by atoms with E-state index in [0.717, 1.165) is 17.7 Å². The van der Waals surface area contributed by atoms with E-state index in [2.05, 4.69) is 5.43 Å². The van der Waals surface area contributed by atoms with E-state index in [9.17, 15) is 9.90 Å². The number of rotatable bonds is 2. The van der Waals surface area contributed by atoms with E-state index >= 15 is 0 Å². The van der Waals surface area contributed by atoms with E-state index in [0.29, 0.717) is 18.7 Å². The summed E-state index contributed by atoms with van der Waals surface area (Å²) < 4.78 is 0. The fraction of sp³-hybridized carbons (Fsp3) is 0.500. The molecule has 0 spiro atoms. The molecule has 19 heavy (non-hydrogen) atoms. The highest BCUT2D eigenvalue weighted by molar-refractivity contribution is 5.96. The Bertz CT molecular complexity index is 476. The molecule has 1 heterocycles. The summed E-state index contributed by atoms with van der Waals surface area (Å²) in [6, 6.07) is 5.40. The number of benzene rings is 1. The highest BCUT2D eigenvalue weighted by Crippen LogP contribution is 2.21. The average molecular weight is 263 g/mol. The number of hydrazine groups is 1. The number of nitrogens with one attached hydrogen (secondary N) is 1. The minimum absolute atomic E-state index is 0.0213. The Morgan fingerprint density at radius 2 is 2.26 bits per heavy atom. The van der Waals surface area contributed by atoms with Crippen LogP contribution >= 0.6 is 0 Å². The van der Waals surface area contributed by atoms with Crippen molar-refractivity contribution in [2.75, 3.05) is 18.5 Å². The first-order valence-corrected chi connectivity index (χ1v) is 6.57. The monoisotopic (exact) mass is 263 g/mol. The number of aliphatic hydroxyl groups excluding tert-OH is 1. The molecular weight excluding hydrogens is 242 g/mol. The van der Waals surface area contributed by atoms with Gasteiger partial charge in [-0.25, -0.2) is 0 Å². The Morgan fingerprint density at radius 1 is 1.53 bits per heavy atom. The van der Waals surface area contributed by atoms with Crippen LogP contribution in [0.3, 0.4) is 0 Å². The maximum Gasteiger partial charge on any atom is 0.254 e. The zero-order chi connectivity index (χ0) is 14.0.